The molecule has 0 saturated carbocycles. The number of fused-ring (bicyclic) bond motifs is 1. The number of benzene rings is 3. The highest BCUT2D eigenvalue weighted by atomic mass is 15.1. The van der Waals surface area contributed by atoms with Crippen LogP contribution in [0.3, 0.4) is 0 Å². The summed E-state index contributed by atoms with van der Waals surface area (Å²) in [5, 5.41) is 3.35. The molecule has 2 aromatic heterocycles. The normalized spacial score (nSPS) is 11.0. The SMILES string of the molecule is c1ccc(CNc2nc3ccc(-c4nc[nH]c4-c4ccccc4)cc3[nH]2)cc1. The number of hydrogen-bond donors (Lipinski definition) is 3. The molecule has 0 aliphatic heterocycles. The molecule has 0 spiro atoms. The van der Waals surface area contributed by atoms with Crippen LogP contribution in [0.1, 0.15) is 5.56 Å². The minimum Gasteiger partial charge on any atom is -0.352 e. The van der Waals surface area contributed by atoms with E-state index in [1.54, 1.807) is 6.33 Å². The number of H-pyrrole nitrogens is 2. The fourth-order valence-corrected chi connectivity index (χ4v) is 3.36. The van der Waals surface area contributed by atoms with E-state index in [1.807, 2.05) is 42.5 Å². The van der Waals surface area contributed by atoms with Crippen molar-refractivity contribution in [3.05, 3.63) is 90.8 Å². The molecule has 5 nitrogen and oxygen atoms in total. The number of aromatic amines is 2. The van der Waals surface area contributed by atoms with E-state index >= 15 is 0 Å². The molecule has 0 fully saturated rings. The lowest BCUT2D eigenvalue weighted by Gasteiger charge is -2.03. The van der Waals surface area contributed by atoms with Gasteiger partial charge in [-0.1, -0.05) is 66.7 Å². The molecular formula is C23H19N5. The fraction of sp³-hybridized carbons (Fsp3) is 0.0435. The summed E-state index contributed by atoms with van der Waals surface area (Å²) in [6.45, 7) is 0.727. The van der Waals surface area contributed by atoms with Gasteiger partial charge in [0, 0.05) is 17.7 Å². The van der Waals surface area contributed by atoms with E-state index in [4.69, 9.17) is 0 Å². The largest absolute Gasteiger partial charge is 0.352 e. The summed E-state index contributed by atoms with van der Waals surface area (Å²) in [7, 11) is 0. The molecule has 3 N–H and O–H groups in total. The standard InChI is InChI=1S/C23H19N5/c1-3-7-16(8-4-1)14-24-23-27-19-12-11-18(13-20(19)28-23)22-21(25-15-26-22)17-9-5-2-6-10-17/h1-13,15H,14H2,(H,25,26)(H2,24,27,28). The second kappa shape index (κ2) is 7.04. The Morgan fingerprint density at radius 3 is 2.43 bits per heavy atom. The van der Waals surface area contributed by atoms with Crippen molar-refractivity contribution in [2.24, 2.45) is 0 Å². The van der Waals surface area contributed by atoms with Crippen molar-refractivity contribution >= 4 is 17.0 Å². The van der Waals surface area contributed by atoms with Crippen molar-refractivity contribution in [1.29, 1.82) is 0 Å². The van der Waals surface area contributed by atoms with Gasteiger partial charge in [-0.05, 0) is 17.7 Å². The van der Waals surface area contributed by atoms with Gasteiger partial charge in [-0.15, -0.1) is 0 Å². The van der Waals surface area contributed by atoms with Gasteiger partial charge in [-0.3, -0.25) is 0 Å². The van der Waals surface area contributed by atoms with E-state index < -0.39 is 0 Å². The van der Waals surface area contributed by atoms with E-state index in [9.17, 15) is 0 Å². The molecule has 0 amide bonds. The molecule has 0 bridgehead atoms. The highest BCUT2D eigenvalue weighted by Gasteiger charge is 2.12. The maximum Gasteiger partial charge on any atom is 0.201 e. The van der Waals surface area contributed by atoms with Crippen LogP contribution >= 0.6 is 0 Å². The van der Waals surface area contributed by atoms with Crippen LogP contribution in [0.2, 0.25) is 0 Å². The first-order valence-electron chi connectivity index (χ1n) is 9.23. The lowest BCUT2D eigenvalue weighted by atomic mass is 10.0. The van der Waals surface area contributed by atoms with Gasteiger partial charge in [-0.2, -0.15) is 0 Å². The molecule has 0 saturated heterocycles. The van der Waals surface area contributed by atoms with Crippen molar-refractivity contribution < 1.29 is 0 Å². The van der Waals surface area contributed by atoms with Gasteiger partial charge < -0.3 is 15.3 Å². The summed E-state index contributed by atoms with van der Waals surface area (Å²) in [6, 6.07) is 26.7. The van der Waals surface area contributed by atoms with E-state index in [2.05, 4.69) is 61.7 Å². The van der Waals surface area contributed by atoms with Gasteiger partial charge in [0.25, 0.3) is 0 Å². The number of nitrogens with one attached hydrogen (secondary N) is 3. The number of aromatic nitrogens is 4. The van der Waals surface area contributed by atoms with Gasteiger partial charge in [-0.25, -0.2) is 9.97 Å². The van der Waals surface area contributed by atoms with Crippen LogP contribution in [0, 0.1) is 0 Å². The molecule has 0 unspecified atom stereocenters. The number of nitrogens with zero attached hydrogens (tertiary/aromatic N) is 2. The highest BCUT2D eigenvalue weighted by molar-refractivity contribution is 5.86. The average Bonchev–Trinajstić information content (AvgIpc) is 3.40. The summed E-state index contributed by atoms with van der Waals surface area (Å²) >= 11 is 0. The summed E-state index contributed by atoms with van der Waals surface area (Å²) in [5.74, 6) is 0.765. The van der Waals surface area contributed by atoms with E-state index in [-0.39, 0.29) is 0 Å². The van der Waals surface area contributed by atoms with Crippen LogP contribution < -0.4 is 5.32 Å². The number of hydrogen-bond acceptors (Lipinski definition) is 3. The third kappa shape index (κ3) is 3.14. The lowest BCUT2D eigenvalue weighted by molar-refractivity contribution is 1.10. The molecule has 5 heteroatoms. The van der Waals surface area contributed by atoms with Gasteiger partial charge in [0.05, 0.1) is 28.7 Å². The molecule has 0 atom stereocenters. The molecule has 0 aliphatic rings. The predicted molar refractivity (Wildman–Crippen MR) is 113 cm³/mol. The monoisotopic (exact) mass is 365 g/mol. The fourth-order valence-electron chi connectivity index (χ4n) is 3.36. The van der Waals surface area contributed by atoms with Crippen LogP contribution in [0.25, 0.3) is 33.5 Å². The zero-order valence-corrected chi connectivity index (χ0v) is 15.2. The first kappa shape index (κ1) is 16.3. The van der Waals surface area contributed by atoms with E-state index in [0.717, 1.165) is 46.0 Å². The minimum absolute atomic E-state index is 0.727. The summed E-state index contributed by atoms with van der Waals surface area (Å²) in [4.78, 5) is 15.8. The van der Waals surface area contributed by atoms with Crippen LogP contribution in [-0.4, -0.2) is 19.9 Å². The van der Waals surface area contributed by atoms with Gasteiger partial charge in [0.1, 0.15) is 0 Å². The second-order valence-corrected chi connectivity index (χ2v) is 6.65. The van der Waals surface area contributed by atoms with Crippen molar-refractivity contribution in [2.75, 3.05) is 5.32 Å². The van der Waals surface area contributed by atoms with Crippen molar-refractivity contribution in [1.82, 2.24) is 19.9 Å². The Hall–Kier alpha value is -3.86. The topological polar surface area (TPSA) is 69.4 Å². The lowest BCUT2D eigenvalue weighted by Crippen LogP contribution is -2.00. The Kier molecular flexibility index (Phi) is 4.10. The smallest absolute Gasteiger partial charge is 0.201 e. The van der Waals surface area contributed by atoms with Crippen LogP contribution in [0.5, 0.6) is 0 Å². The first-order valence-corrected chi connectivity index (χ1v) is 9.23. The maximum atomic E-state index is 4.64. The zero-order valence-electron chi connectivity index (χ0n) is 15.2. The predicted octanol–water partition coefficient (Wildman–Crippen LogP) is 5.23. The summed E-state index contributed by atoms with van der Waals surface area (Å²) in [5.41, 5.74) is 7.23. The van der Waals surface area contributed by atoms with Gasteiger partial charge in [0.2, 0.25) is 5.95 Å². The van der Waals surface area contributed by atoms with Gasteiger partial charge >= 0.3 is 0 Å². The molecular weight excluding hydrogens is 346 g/mol. The average molecular weight is 365 g/mol. The Bertz CT molecular complexity index is 1210. The van der Waals surface area contributed by atoms with Gasteiger partial charge in [0.15, 0.2) is 0 Å². The highest BCUT2D eigenvalue weighted by Crippen LogP contribution is 2.30. The Balaban J connectivity index is 1.44. The van der Waals surface area contributed by atoms with Crippen molar-refractivity contribution in [2.45, 2.75) is 6.54 Å². The number of anilines is 1. The minimum atomic E-state index is 0.727. The molecule has 0 radical (unpaired) electrons. The van der Waals surface area contributed by atoms with Crippen LogP contribution in [0.15, 0.2) is 85.2 Å². The van der Waals surface area contributed by atoms with Crippen molar-refractivity contribution in [3.8, 4) is 22.5 Å². The van der Waals surface area contributed by atoms with E-state index in [0.29, 0.717) is 0 Å². The molecule has 5 aromatic rings. The second-order valence-electron chi connectivity index (χ2n) is 6.65. The summed E-state index contributed by atoms with van der Waals surface area (Å²) < 4.78 is 0. The Labute approximate surface area is 162 Å². The first-order chi connectivity index (χ1) is 13.9. The van der Waals surface area contributed by atoms with Crippen LogP contribution in [0.4, 0.5) is 5.95 Å². The molecule has 5 rings (SSSR count). The molecule has 28 heavy (non-hydrogen) atoms. The molecule has 0 aliphatic carbocycles. The van der Waals surface area contributed by atoms with Crippen LogP contribution in [-0.2, 0) is 6.54 Å². The Morgan fingerprint density at radius 1 is 0.821 bits per heavy atom. The van der Waals surface area contributed by atoms with Crippen molar-refractivity contribution in [3.63, 3.8) is 0 Å². The van der Waals surface area contributed by atoms with E-state index in [1.165, 1.54) is 5.56 Å². The zero-order chi connectivity index (χ0) is 18.8. The quantitative estimate of drug-likeness (QED) is 0.399. The third-order valence-corrected chi connectivity index (χ3v) is 4.76. The Morgan fingerprint density at radius 2 is 1.61 bits per heavy atom. The summed E-state index contributed by atoms with van der Waals surface area (Å²) in [6.07, 6.45) is 1.74. The molecule has 3 aromatic carbocycles. The number of imidazole rings is 2. The maximum absolute atomic E-state index is 4.64. The molecule has 136 valence electrons. The number of rotatable bonds is 5. The third-order valence-electron chi connectivity index (χ3n) is 4.76. The molecule has 2 heterocycles.